The van der Waals surface area contributed by atoms with Crippen molar-refractivity contribution in [3.05, 3.63) is 29.8 Å². The zero-order valence-corrected chi connectivity index (χ0v) is 10.6. The predicted molar refractivity (Wildman–Crippen MR) is 65.9 cm³/mol. The number of nitrogens with one attached hydrogen (secondary N) is 1. The quantitative estimate of drug-likeness (QED) is 0.819. The van der Waals surface area contributed by atoms with Crippen molar-refractivity contribution in [2.24, 2.45) is 5.92 Å². The maximum Gasteiger partial charge on any atom is 0.335 e. The van der Waals surface area contributed by atoms with Gasteiger partial charge in [-0.3, -0.25) is 0 Å². The number of hydrogen-bond acceptors (Lipinski definition) is 3. The van der Waals surface area contributed by atoms with Crippen LogP contribution in [0.4, 0.5) is 0 Å². The minimum absolute atomic E-state index is 0.0759. The summed E-state index contributed by atoms with van der Waals surface area (Å²) in [7, 11) is -3.51. The lowest BCUT2D eigenvalue weighted by Crippen LogP contribution is -2.25. The second-order valence-corrected chi connectivity index (χ2v) is 6.23. The molecule has 0 atom stereocenters. The number of sulfonamides is 1. The first-order valence-corrected chi connectivity index (χ1v) is 7.30. The third-order valence-corrected chi connectivity index (χ3v) is 4.43. The maximum atomic E-state index is 11.9. The van der Waals surface area contributed by atoms with Gasteiger partial charge in [0.1, 0.15) is 0 Å². The Morgan fingerprint density at radius 2 is 1.89 bits per heavy atom. The van der Waals surface area contributed by atoms with Crippen LogP contribution in [0.1, 0.15) is 29.6 Å². The molecule has 0 aromatic heterocycles. The lowest BCUT2D eigenvalue weighted by Gasteiger charge is -2.06. The molecule has 2 N–H and O–H groups in total. The highest BCUT2D eigenvalue weighted by atomic mass is 32.2. The van der Waals surface area contributed by atoms with Crippen molar-refractivity contribution in [2.75, 3.05) is 6.54 Å². The Balaban J connectivity index is 2.01. The zero-order chi connectivity index (χ0) is 13.2. The van der Waals surface area contributed by atoms with Crippen LogP contribution in [0, 0.1) is 5.92 Å². The van der Waals surface area contributed by atoms with Crippen molar-refractivity contribution in [2.45, 2.75) is 24.2 Å². The number of benzene rings is 1. The van der Waals surface area contributed by atoms with Crippen LogP contribution in [0.3, 0.4) is 0 Å². The van der Waals surface area contributed by atoms with Crippen LogP contribution in [0.15, 0.2) is 29.2 Å². The summed E-state index contributed by atoms with van der Waals surface area (Å²) in [5, 5.41) is 8.72. The number of hydrogen-bond donors (Lipinski definition) is 2. The lowest BCUT2D eigenvalue weighted by molar-refractivity contribution is 0.0696. The molecule has 0 spiro atoms. The third-order valence-electron chi connectivity index (χ3n) is 2.95. The van der Waals surface area contributed by atoms with Gasteiger partial charge in [-0.25, -0.2) is 17.9 Å². The molecule has 2 rings (SSSR count). The van der Waals surface area contributed by atoms with Crippen molar-refractivity contribution in [3.63, 3.8) is 0 Å². The fourth-order valence-corrected chi connectivity index (χ4v) is 2.71. The first-order chi connectivity index (χ1) is 8.49. The first-order valence-electron chi connectivity index (χ1n) is 5.82. The Morgan fingerprint density at radius 1 is 1.28 bits per heavy atom. The molecule has 1 aliphatic carbocycles. The predicted octanol–water partition coefficient (Wildman–Crippen LogP) is 1.46. The summed E-state index contributed by atoms with van der Waals surface area (Å²) < 4.78 is 26.2. The molecule has 0 bridgehead atoms. The molecule has 1 aliphatic rings. The van der Waals surface area contributed by atoms with E-state index in [0.717, 1.165) is 6.42 Å². The number of rotatable bonds is 6. The second kappa shape index (κ2) is 5.07. The number of carboxylic acid groups (broad SMARTS) is 1. The number of carboxylic acids is 1. The van der Waals surface area contributed by atoms with Crippen molar-refractivity contribution < 1.29 is 18.3 Å². The van der Waals surface area contributed by atoms with Crippen LogP contribution in [0.2, 0.25) is 0 Å². The standard InChI is InChI=1S/C12H15NO4S/c14-12(15)10-3-5-11(6-4-10)18(16,17)13-8-7-9-1-2-9/h3-6,9,13H,1-2,7-8H2,(H,14,15). The summed E-state index contributed by atoms with van der Waals surface area (Å²) >= 11 is 0. The average molecular weight is 269 g/mol. The van der Waals surface area contributed by atoms with E-state index in [-0.39, 0.29) is 10.5 Å². The van der Waals surface area contributed by atoms with Crippen LogP contribution >= 0.6 is 0 Å². The maximum absolute atomic E-state index is 11.9. The van der Waals surface area contributed by atoms with Crippen LogP contribution < -0.4 is 4.72 Å². The van der Waals surface area contributed by atoms with Gasteiger partial charge in [-0.1, -0.05) is 12.8 Å². The van der Waals surface area contributed by atoms with Gasteiger partial charge < -0.3 is 5.11 Å². The Morgan fingerprint density at radius 3 is 2.39 bits per heavy atom. The molecule has 0 radical (unpaired) electrons. The molecule has 6 heteroatoms. The van der Waals surface area contributed by atoms with E-state index >= 15 is 0 Å². The molecule has 0 aliphatic heterocycles. The van der Waals surface area contributed by atoms with Crippen LogP contribution in [0.25, 0.3) is 0 Å². The summed E-state index contributed by atoms with van der Waals surface area (Å²) in [5.41, 5.74) is 0.0759. The summed E-state index contributed by atoms with van der Waals surface area (Å²) in [6.45, 7) is 0.438. The van der Waals surface area contributed by atoms with Crippen LogP contribution in [0.5, 0.6) is 0 Å². The second-order valence-electron chi connectivity index (χ2n) is 4.46. The van der Waals surface area contributed by atoms with E-state index in [1.807, 2.05) is 0 Å². The minimum Gasteiger partial charge on any atom is -0.478 e. The highest BCUT2D eigenvalue weighted by Crippen LogP contribution is 2.31. The van der Waals surface area contributed by atoms with E-state index in [1.54, 1.807) is 0 Å². The molecule has 18 heavy (non-hydrogen) atoms. The van der Waals surface area contributed by atoms with Crippen molar-refractivity contribution in [3.8, 4) is 0 Å². The van der Waals surface area contributed by atoms with Gasteiger partial charge in [0.05, 0.1) is 10.5 Å². The van der Waals surface area contributed by atoms with Gasteiger partial charge in [-0.15, -0.1) is 0 Å². The van der Waals surface area contributed by atoms with Gasteiger partial charge >= 0.3 is 5.97 Å². The van der Waals surface area contributed by atoms with E-state index in [4.69, 9.17) is 5.11 Å². The Labute approximate surface area is 106 Å². The topological polar surface area (TPSA) is 83.5 Å². The first kappa shape index (κ1) is 13.0. The molecule has 0 amide bonds. The molecule has 0 unspecified atom stereocenters. The molecule has 1 aromatic carbocycles. The molecule has 1 fully saturated rings. The van der Waals surface area contributed by atoms with Gasteiger partial charge in [-0.05, 0) is 36.6 Å². The molecular formula is C12H15NO4S. The monoisotopic (exact) mass is 269 g/mol. The summed E-state index contributed by atoms with van der Waals surface area (Å²) in [6.07, 6.45) is 3.25. The van der Waals surface area contributed by atoms with E-state index in [1.165, 1.54) is 37.1 Å². The fourth-order valence-electron chi connectivity index (χ4n) is 1.66. The highest BCUT2D eigenvalue weighted by Gasteiger charge is 2.22. The third kappa shape index (κ3) is 3.30. The van der Waals surface area contributed by atoms with Gasteiger partial charge in [0.25, 0.3) is 0 Å². The summed E-state index contributed by atoms with van der Waals surface area (Å²) in [4.78, 5) is 10.8. The summed E-state index contributed by atoms with van der Waals surface area (Å²) in [5.74, 6) is -0.400. The van der Waals surface area contributed by atoms with Gasteiger partial charge in [0.2, 0.25) is 10.0 Å². The lowest BCUT2D eigenvalue weighted by atomic mass is 10.2. The minimum atomic E-state index is -3.51. The largest absolute Gasteiger partial charge is 0.478 e. The van der Waals surface area contributed by atoms with E-state index in [0.29, 0.717) is 12.5 Å². The fraction of sp³-hybridized carbons (Fsp3) is 0.417. The van der Waals surface area contributed by atoms with Crippen molar-refractivity contribution in [1.82, 2.24) is 4.72 Å². The molecule has 98 valence electrons. The normalized spacial score (nSPS) is 15.6. The van der Waals surface area contributed by atoms with Gasteiger partial charge in [0.15, 0.2) is 0 Å². The number of aromatic carboxylic acids is 1. The van der Waals surface area contributed by atoms with Crippen LogP contribution in [-0.4, -0.2) is 26.0 Å². The molecule has 0 heterocycles. The Hall–Kier alpha value is -1.40. The van der Waals surface area contributed by atoms with Gasteiger partial charge in [0, 0.05) is 6.54 Å². The molecule has 1 aromatic rings. The molecular weight excluding hydrogens is 254 g/mol. The van der Waals surface area contributed by atoms with E-state index < -0.39 is 16.0 Å². The number of carbonyl (C=O) groups is 1. The Bertz CT molecular complexity index is 532. The van der Waals surface area contributed by atoms with Crippen LogP contribution in [-0.2, 0) is 10.0 Å². The molecule has 1 saturated carbocycles. The smallest absolute Gasteiger partial charge is 0.335 e. The van der Waals surface area contributed by atoms with Crippen molar-refractivity contribution in [1.29, 1.82) is 0 Å². The van der Waals surface area contributed by atoms with E-state index in [2.05, 4.69) is 4.72 Å². The average Bonchev–Trinajstić information content (AvgIpc) is 3.13. The summed E-state index contributed by atoms with van der Waals surface area (Å²) in [6, 6.07) is 5.20. The SMILES string of the molecule is O=C(O)c1ccc(S(=O)(=O)NCCC2CC2)cc1. The molecule has 0 saturated heterocycles. The van der Waals surface area contributed by atoms with E-state index in [9.17, 15) is 13.2 Å². The van der Waals surface area contributed by atoms with Gasteiger partial charge in [-0.2, -0.15) is 0 Å². The molecule has 5 nitrogen and oxygen atoms in total. The Kier molecular flexibility index (Phi) is 3.68. The highest BCUT2D eigenvalue weighted by molar-refractivity contribution is 7.89. The zero-order valence-electron chi connectivity index (χ0n) is 9.80. The van der Waals surface area contributed by atoms with Crippen molar-refractivity contribution >= 4 is 16.0 Å².